The molecule has 5 rings (SSSR count). The number of rotatable bonds is 6. The van der Waals surface area contributed by atoms with Gasteiger partial charge in [0, 0.05) is 23.6 Å². The summed E-state index contributed by atoms with van der Waals surface area (Å²) in [6, 6.07) is 6.36. The second kappa shape index (κ2) is 10.3. The first-order valence-corrected chi connectivity index (χ1v) is 12.9. The zero-order valence-electron chi connectivity index (χ0n) is 22.3. The molecule has 1 aliphatic carbocycles. The van der Waals surface area contributed by atoms with Crippen molar-refractivity contribution in [2.75, 3.05) is 0 Å². The Balaban J connectivity index is 1.61. The van der Waals surface area contributed by atoms with E-state index in [-0.39, 0.29) is 34.7 Å². The van der Waals surface area contributed by atoms with E-state index in [1.165, 1.54) is 10.7 Å². The zero-order chi connectivity index (χ0) is 28.8. The fourth-order valence-corrected chi connectivity index (χ4v) is 4.51. The maximum atomic E-state index is 15.6. The Morgan fingerprint density at radius 3 is 2.73 bits per heavy atom. The van der Waals surface area contributed by atoms with Crippen molar-refractivity contribution in [2.45, 2.75) is 51.9 Å². The van der Waals surface area contributed by atoms with Crippen LogP contribution in [-0.2, 0) is 18.3 Å². The van der Waals surface area contributed by atoms with Crippen molar-refractivity contribution in [1.29, 1.82) is 0 Å². The second-order valence-electron chi connectivity index (χ2n) is 10.5. The number of aromatic nitrogens is 4. The first-order chi connectivity index (χ1) is 19.0. The second-order valence-corrected chi connectivity index (χ2v) is 10.9. The highest BCUT2D eigenvalue weighted by Crippen LogP contribution is 2.47. The molecule has 1 saturated carbocycles. The standard InChI is InChI=1S/C28H26ClFN6O4/c1-28(2,3)40-27(38)32-13-20-17-10-14(6-9-16(17)26(37)35-34-20)18-12-33-36(5)25(18)22-23(30)19(29)11-21(24(22)31-4)39-15-7-8-15/h6,9-12,15H,7-8,13H2,1-3,5H3,(H,32,38)(H,35,37). The van der Waals surface area contributed by atoms with Gasteiger partial charge in [-0.3, -0.25) is 9.48 Å². The van der Waals surface area contributed by atoms with Crippen molar-refractivity contribution >= 4 is 34.2 Å². The summed E-state index contributed by atoms with van der Waals surface area (Å²) in [5, 5.41) is 14.2. The number of nitrogens with zero attached hydrogens (tertiary/aromatic N) is 4. The third-order valence-corrected chi connectivity index (χ3v) is 6.52. The van der Waals surface area contributed by atoms with Crippen LogP contribution in [0.25, 0.3) is 38.0 Å². The van der Waals surface area contributed by atoms with Gasteiger partial charge in [0.2, 0.25) is 5.69 Å². The van der Waals surface area contributed by atoms with E-state index in [0.717, 1.165) is 12.8 Å². The van der Waals surface area contributed by atoms with Crippen LogP contribution in [-0.4, -0.2) is 37.8 Å². The monoisotopic (exact) mass is 564 g/mol. The maximum Gasteiger partial charge on any atom is 0.407 e. The number of benzene rings is 2. The fraction of sp³-hybridized carbons (Fsp3) is 0.321. The van der Waals surface area contributed by atoms with E-state index in [1.807, 2.05) is 0 Å². The predicted octanol–water partition coefficient (Wildman–Crippen LogP) is 5.90. The Morgan fingerprint density at radius 1 is 1.30 bits per heavy atom. The van der Waals surface area contributed by atoms with Gasteiger partial charge in [0.15, 0.2) is 0 Å². The Kier molecular flexibility index (Phi) is 6.98. The topological polar surface area (TPSA) is 115 Å². The molecular formula is C28H26ClFN6O4. The summed E-state index contributed by atoms with van der Waals surface area (Å²) in [4.78, 5) is 28.4. The zero-order valence-corrected chi connectivity index (χ0v) is 23.0. The third kappa shape index (κ3) is 5.35. The van der Waals surface area contributed by atoms with Crippen LogP contribution in [0, 0.1) is 12.4 Å². The molecule has 0 radical (unpaired) electrons. The molecule has 40 heavy (non-hydrogen) atoms. The highest BCUT2D eigenvalue weighted by Gasteiger charge is 2.30. The van der Waals surface area contributed by atoms with Gasteiger partial charge in [0.25, 0.3) is 5.56 Å². The highest BCUT2D eigenvalue weighted by atomic mass is 35.5. The van der Waals surface area contributed by atoms with Gasteiger partial charge >= 0.3 is 6.09 Å². The van der Waals surface area contributed by atoms with Gasteiger partial charge in [-0.2, -0.15) is 10.2 Å². The van der Waals surface area contributed by atoms with Crippen LogP contribution in [0.15, 0.2) is 35.3 Å². The first kappa shape index (κ1) is 27.1. The summed E-state index contributed by atoms with van der Waals surface area (Å²) in [7, 11) is 1.64. The van der Waals surface area contributed by atoms with Crippen LogP contribution in [0.4, 0.5) is 14.9 Å². The first-order valence-electron chi connectivity index (χ1n) is 12.5. The number of halogens is 2. The Morgan fingerprint density at radius 2 is 2.05 bits per heavy atom. The van der Waals surface area contributed by atoms with Crippen LogP contribution >= 0.6 is 11.6 Å². The van der Waals surface area contributed by atoms with Crippen molar-refractivity contribution in [2.24, 2.45) is 7.05 Å². The lowest BCUT2D eigenvalue weighted by Crippen LogP contribution is -2.32. The molecule has 0 unspecified atom stereocenters. The third-order valence-electron chi connectivity index (χ3n) is 6.24. The van der Waals surface area contributed by atoms with Crippen molar-refractivity contribution in [3.63, 3.8) is 0 Å². The minimum absolute atomic E-state index is 0.000185. The lowest BCUT2D eigenvalue weighted by atomic mass is 9.97. The number of amides is 1. The molecule has 0 atom stereocenters. The molecule has 2 aromatic heterocycles. The number of aromatic amines is 1. The molecule has 12 heteroatoms. The summed E-state index contributed by atoms with van der Waals surface area (Å²) in [5.41, 5.74) is 0.676. The van der Waals surface area contributed by atoms with E-state index < -0.39 is 23.1 Å². The molecule has 0 aliphatic heterocycles. The summed E-state index contributed by atoms with van der Waals surface area (Å²) < 4.78 is 28.2. The molecule has 0 spiro atoms. The quantitative estimate of drug-likeness (QED) is 0.282. The molecule has 206 valence electrons. The van der Waals surface area contributed by atoms with Gasteiger partial charge in [-0.05, 0) is 57.4 Å². The summed E-state index contributed by atoms with van der Waals surface area (Å²) >= 11 is 6.26. The average Bonchev–Trinajstić information content (AvgIpc) is 3.63. The van der Waals surface area contributed by atoms with Crippen molar-refractivity contribution in [3.05, 3.63) is 68.8 Å². The molecule has 1 fully saturated rings. The molecule has 4 aromatic rings. The van der Waals surface area contributed by atoms with Crippen molar-refractivity contribution < 1.29 is 18.7 Å². The van der Waals surface area contributed by atoms with Crippen molar-refractivity contribution in [3.8, 4) is 28.1 Å². The Hall–Kier alpha value is -4.43. The smallest absolute Gasteiger partial charge is 0.407 e. The molecule has 2 N–H and O–H groups in total. The van der Waals surface area contributed by atoms with Gasteiger partial charge < -0.3 is 14.8 Å². The van der Waals surface area contributed by atoms with Crippen LogP contribution in [0.5, 0.6) is 5.75 Å². The molecule has 1 amide bonds. The van der Waals surface area contributed by atoms with E-state index in [4.69, 9.17) is 27.6 Å². The largest absolute Gasteiger partial charge is 0.501 e. The summed E-state index contributed by atoms with van der Waals surface area (Å²) in [6.07, 6.45) is 2.60. The van der Waals surface area contributed by atoms with Gasteiger partial charge in [-0.1, -0.05) is 17.7 Å². The molecule has 0 saturated heterocycles. The minimum atomic E-state index is -0.762. The van der Waals surface area contributed by atoms with Gasteiger partial charge in [0.05, 0.1) is 47.2 Å². The Labute approximate surface area is 233 Å². The molecule has 10 nitrogen and oxygen atoms in total. The number of H-pyrrole nitrogens is 1. The Bertz CT molecular complexity index is 1750. The van der Waals surface area contributed by atoms with E-state index in [2.05, 4.69) is 25.5 Å². The predicted molar refractivity (Wildman–Crippen MR) is 148 cm³/mol. The number of carbonyl (C=O) groups excluding carboxylic acids is 1. The minimum Gasteiger partial charge on any atom is -0.501 e. The summed E-state index contributed by atoms with van der Waals surface area (Å²) in [6.45, 7) is 13.1. The number of ether oxygens (including phenoxy) is 2. The number of aryl methyl sites for hydroxylation is 1. The van der Waals surface area contributed by atoms with E-state index in [1.54, 1.807) is 52.2 Å². The number of alkyl carbamates (subject to hydrolysis) is 1. The highest BCUT2D eigenvalue weighted by molar-refractivity contribution is 6.31. The number of fused-ring (bicyclic) bond motifs is 1. The van der Waals surface area contributed by atoms with Crippen LogP contribution in [0.3, 0.4) is 0 Å². The number of hydrogen-bond acceptors (Lipinski definition) is 6. The van der Waals surface area contributed by atoms with Gasteiger partial charge in [-0.25, -0.2) is 19.1 Å². The number of hydrogen-bond donors (Lipinski definition) is 2. The van der Waals surface area contributed by atoms with E-state index in [0.29, 0.717) is 33.3 Å². The van der Waals surface area contributed by atoms with Gasteiger partial charge in [-0.15, -0.1) is 0 Å². The van der Waals surface area contributed by atoms with Crippen LogP contribution < -0.4 is 15.6 Å². The lowest BCUT2D eigenvalue weighted by Gasteiger charge is -2.19. The molecule has 0 bridgehead atoms. The lowest BCUT2D eigenvalue weighted by molar-refractivity contribution is 0.0523. The fourth-order valence-electron chi connectivity index (χ4n) is 4.31. The van der Waals surface area contributed by atoms with Crippen molar-refractivity contribution in [1.82, 2.24) is 25.3 Å². The van der Waals surface area contributed by atoms with Crippen LogP contribution in [0.1, 0.15) is 39.3 Å². The molecule has 2 heterocycles. The average molecular weight is 565 g/mol. The van der Waals surface area contributed by atoms with E-state index >= 15 is 4.39 Å². The SMILES string of the molecule is [C-]#[N+]c1c(OC2CC2)cc(Cl)c(F)c1-c1c(-c2ccc3c(=O)[nH]nc(CNC(=O)OC(C)(C)C)c3c2)cnn1C. The van der Waals surface area contributed by atoms with Crippen LogP contribution in [0.2, 0.25) is 5.02 Å². The molecular weight excluding hydrogens is 539 g/mol. The molecule has 2 aromatic carbocycles. The summed E-state index contributed by atoms with van der Waals surface area (Å²) in [5.74, 6) is -0.544. The van der Waals surface area contributed by atoms with Gasteiger partial charge in [0.1, 0.15) is 17.2 Å². The number of carbonyl (C=O) groups is 1. The molecule has 1 aliphatic rings. The maximum absolute atomic E-state index is 15.6. The number of nitrogens with one attached hydrogen (secondary N) is 2. The van der Waals surface area contributed by atoms with E-state index in [9.17, 15) is 9.59 Å². The normalized spacial score (nSPS) is 13.2.